The van der Waals surface area contributed by atoms with Gasteiger partial charge in [0.15, 0.2) is 0 Å². The number of carbonyl (C=O) groups excluding carboxylic acids is 1. The second-order valence-electron chi connectivity index (χ2n) is 4.32. The largest absolute Gasteiger partial charge is 0.493 e. The van der Waals surface area contributed by atoms with E-state index < -0.39 is 0 Å². The Kier molecular flexibility index (Phi) is 5.62. The van der Waals surface area contributed by atoms with Gasteiger partial charge in [-0.25, -0.2) is 0 Å². The topological polar surface area (TPSA) is 38.3 Å². The highest BCUT2D eigenvalue weighted by Crippen LogP contribution is 2.17. The monoisotopic (exact) mass is 333 g/mol. The maximum atomic E-state index is 11.7. The van der Waals surface area contributed by atoms with Crippen molar-refractivity contribution in [1.82, 2.24) is 5.32 Å². The van der Waals surface area contributed by atoms with Crippen molar-refractivity contribution >= 4 is 21.8 Å². The number of rotatable bonds is 6. The number of ether oxygens (including phenoxy) is 1. The van der Waals surface area contributed by atoms with Gasteiger partial charge in [0, 0.05) is 11.0 Å². The fourth-order valence-electron chi connectivity index (χ4n) is 1.70. The predicted octanol–water partition coefficient (Wildman–Crippen LogP) is 3.53. The molecule has 0 unspecified atom stereocenters. The van der Waals surface area contributed by atoms with Gasteiger partial charge >= 0.3 is 0 Å². The van der Waals surface area contributed by atoms with Gasteiger partial charge in [0.1, 0.15) is 5.75 Å². The Morgan fingerprint density at radius 3 is 2.65 bits per heavy atom. The molecule has 0 heterocycles. The number of benzene rings is 2. The maximum absolute atomic E-state index is 11.7. The Hall–Kier alpha value is -1.81. The van der Waals surface area contributed by atoms with E-state index in [0.29, 0.717) is 19.6 Å². The highest BCUT2D eigenvalue weighted by Gasteiger charge is 2.02. The summed E-state index contributed by atoms with van der Waals surface area (Å²) in [6.07, 6.45) is 0.347. The Morgan fingerprint density at radius 1 is 1.10 bits per heavy atom. The lowest BCUT2D eigenvalue weighted by atomic mass is 10.2. The second kappa shape index (κ2) is 7.70. The lowest BCUT2D eigenvalue weighted by Crippen LogP contribution is -2.24. The molecule has 0 radical (unpaired) electrons. The quantitative estimate of drug-likeness (QED) is 0.878. The molecule has 20 heavy (non-hydrogen) atoms. The molecule has 0 bridgehead atoms. The summed E-state index contributed by atoms with van der Waals surface area (Å²) in [5, 5.41) is 2.87. The number of carbonyl (C=O) groups is 1. The van der Waals surface area contributed by atoms with Crippen LogP contribution in [0.4, 0.5) is 0 Å². The molecule has 0 aromatic heterocycles. The third kappa shape index (κ3) is 5.05. The van der Waals surface area contributed by atoms with Crippen molar-refractivity contribution in [2.75, 3.05) is 6.61 Å². The van der Waals surface area contributed by atoms with E-state index in [1.807, 2.05) is 54.6 Å². The molecule has 0 aliphatic rings. The van der Waals surface area contributed by atoms with Gasteiger partial charge in [-0.2, -0.15) is 0 Å². The van der Waals surface area contributed by atoms with Crippen molar-refractivity contribution in [2.45, 2.75) is 13.0 Å². The predicted molar refractivity (Wildman–Crippen MR) is 82.5 cm³/mol. The lowest BCUT2D eigenvalue weighted by Gasteiger charge is -2.07. The maximum Gasteiger partial charge on any atom is 0.223 e. The summed E-state index contributed by atoms with van der Waals surface area (Å²) in [5.74, 6) is 0.749. The standard InChI is InChI=1S/C16H16BrNO2/c17-14-7-4-8-15(11-14)20-10-9-16(19)18-12-13-5-2-1-3-6-13/h1-8,11H,9-10,12H2,(H,18,19). The van der Waals surface area contributed by atoms with Crippen LogP contribution in [0.5, 0.6) is 5.75 Å². The third-order valence-electron chi connectivity index (χ3n) is 2.73. The first-order chi connectivity index (χ1) is 9.74. The summed E-state index contributed by atoms with van der Waals surface area (Å²) in [6.45, 7) is 0.924. The van der Waals surface area contributed by atoms with Crippen LogP contribution in [0.2, 0.25) is 0 Å². The van der Waals surface area contributed by atoms with Gasteiger partial charge in [-0.1, -0.05) is 52.3 Å². The van der Waals surface area contributed by atoms with Crippen LogP contribution in [-0.4, -0.2) is 12.5 Å². The van der Waals surface area contributed by atoms with Crippen LogP contribution in [0.3, 0.4) is 0 Å². The molecule has 0 saturated heterocycles. The molecule has 2 aromatic carbocycles. The summed E-state index contributed by atoms with van der Waals surface area (Å²) < 4.78 is 6.48. The van der Waals surface area contributed by atoms with Crippen molar-refractivity contribution < 1.29 is 9.53 Å². The minimum atomic E-state index is -0.0103. The van der Waals surface area contributed by atoms with Gasteiger partial charge in [0.2, 0.25) is 5.91 Å². The van der Waals surface area contributed by atoms with E-state index in [-0.39, 0.29) is 5.91 Å². The fraction of sp³-hybridized carbons (Fsp3) is 0.188. The molecular formula is C16H16BrNO2. The van der Waals surface area contributed by atoms with Crippen molar-refractivity contribution in [3.63, 3.8) is 0 Å². The summed E-state index contributed by atoms with van der Waals surface area (Å²) in [5.41, 5.74) is 1.09. The summed E-state index contributed by atoms with van der Waals surface area (Å²) in [4.78, 5) is 11.7. The van der Waals surface area contributed by atoms with E-state index in [9.17, 15) is 4.79 Å². The van der Waals surface area contributed by atoms with Crippen LogP contribution in [0.1, 0.15) is 12.0 Å². The average molecular weight is 334 g/mol. The van der Waals surface area contributed by atoms with Crippen LogP contribution in [0.15, 0.2) is 59.1 Å². The number of nitrogens with one attached hydrogen (secondary N) is 1. The number of hydrogen-bond donors (Lipinski definition) is 1. The van der Waals surface area contributed by atoms with E-state index in [4.69, 9.17) is 4.74 Å². The van der Waals surface area contributed by atoms with Gasteiger partial charge < -0.3 is 10.1 Å². The van der Waals surface area contributed by atoms with Crippen LogP contribution in [-0.2, 0) is 11.3 Å². The summed E-state index contributed by atoms with van der Waals surface area (Å²) >= 11 is 3.37. The van der Waals surface area contributed by atoms with E-state index in [0.717, 1.165) is 15.8 Å². The number of amides is 1. The van der Waals surface area contributed by atoms with E-state index in [2.05, 4.69) is 21.2 Å². The molecule has 0 aliphatic carbocycles. The van der Waals surface area contributed by atoms with Crippen LogP contribution in [0, 0.1) is 0 Å². The SMILES string of the molecule is O=C(CCOc1cccc(Br)c1)NCc1ccccc1. The van der Waals surface area contributed by atoms with Crippen LogP contribution < -0.4 is 10.1 Å². The van der Waals surface area contributed by atoms with E-state index >= 15 is 0 Å². The summed E-state index contributed by atoms with van der Waals surface area (Å²) in [6, 6.07) is 17.4. The normalized spacial score (nSPS) is 10.1. The van der Waals surface area contributed by atoms with Gasteiger partial charge in [-0.05, 0) is 23.8 Å². The van der Waals surface area contributed by atoms with Gasteiger partial charge in [0.25, 0.3) is 0 Å². The molecular weight excluding hydrogens is 318 g/mol. The molecule has 4 heteroatoms. The highest BCUT2D eigenvalue weighted by atomic mass is 79.9. The molecule has 2 rings (SSSR count). The fourth-order valence-corrected chi connectivity index (χ4v) is 2.08. The summed E-state index contributed by atoms with van der Waals surface area (Å²) in [7, 11) is 0. The van der Waals surface area contributed by atoms with Crippen molar-refractivity contribution in [3.8, 4) is 5.75 Å². The molecule has 2 aromatic rings. The Labute approximate surface area is 127 Å². The molecule has 0 aliphatic heterocycles. The molecule has 1 N–H and O–H groups in total. The van der Waals surface area contributed by atoms with Gasteiger partial charge in [0.05, 0.1) is 13.0 Å². The molecule has 1 amide bonds. The van der Waals surface area contributed by atoms with Crippen molar-refractivity contribution in [1.29, 1.82) is 0 Å². The molecule has 0 saturated carbocycles. The zero-order valence-corrected chi connectivity index (χ0v) is 12.6. The van der Waals surface area contributed by atoms with Crippen LogP contribution in [0.25, 0.3) is 0 Å². The minimum absolute atomic E-state index is 0.0103. The zero-order valence-electron chi connectivity index (χ0n) is 11.0. The lowest BCUT2D eigenvalue weighted by molar-refractivity contribution is -0.121. The smallest absolute Gasteiger partial charge is 0.223 e. The molecule has 0 atom stereocenters. The van der Waals surface area contributed by atoms with Gasteiger partial charge in [-0.15, -0.1) is 0 Å². The Morgan fingerprint density at radius 2 is 1.90 bits per heavy atom. The van der Waals surface area contributed by atoms with Crippen molar-refractivity contribution in [2.24, 2.45) is 0 Å². The molecule has 0 spiro atoms. The first-order valence-electron chi connectivity index (χ1n) is 6.43. The highest BCUT2D eigenvalue weighted by molar-refractivity contribution is 9.10. The van der Waals surface area contributed by atoms with Gasteiger partial charge in [-0.3, -0.25) is 4.79 Å². The third-order valence-corrected chi connectivity index (χ3v) is 3.22. The average Bonchev–Trinajstić information content (AvgIpc) is 2.46. The van der Waals surface area contributed by atoms with E-state index in [1.54, 1.807) is 0 Å². The first-order valence-corrected chi connectivity index (χ1v) is 7.22. The molecule has 104 valence electrons. The van der Waals surface area contributed by atoms with E-state index in [1.165, 1.54) is 0 Å². The van der Waals surface area contributed by atoms with Crippen LogP contribution >= 0.6 is 15.9 Å². The number of halogens is 1. The zero-order chi connectivity index (χ0) is 14.2. The van der Waals surface area contributed by atoms with Crippen molar-refractivity contribution in [3.05, 3.63) is 64.6 Å². The second-order valence-corrected chi connectivity index (χ2v) is 5.23. The number of hydrogen-bond acceptors (Lipinski definition) is 2. The minimum Gasteiger partial charge on any atom is -0.493 e. The Balaban J connectivity index is 1.68. The first kappa shape index (κ1) is 14.6. The molecule has 0 fully saturated rings. The molecule has 3 nitrogen and oxygen atoms in total. The Bertz CT molecular complexity index is 557.